The van der Waals surface area contributed by atoms with Crippen LogP contribution in [0.3, 0.4) is 0 Å². The van der Waals surface area contributed by atoms with Gasteiger partial charge in [-0.2, -0.15) is 5.10 Å². The summed E-state index contributed by atoms with van der Waals surface area (Å²) in [5.74, 6) is 0.252. The molecule has 4 nitrogen and oxygen atoms in total. The van der Waals surface area contributed by atoms with Crippen LogP contribution in [0.2, 0.25) is 10.0 Å². The molecule has 0 spiro atoms. The lowest BCUT2D eigenvalue weighted by Gasteiger charge is -2.26. The van der Waals surface area contributed by atoms with E-state index in [2.05, 4.69) is 5.32 Å². The number of para-hydroxylation sites is 1. The second-order valence-corrected chi connectivity index (χ2v) is 8.69. The van der Waals surface area contributed by atoms with E-state index in [0.717, 1.165) is 33.7 Å². The molecule has 0 aromatic heterocycles. The summed E-state index contributed by atoms with van der Waals surface area (Å²) in [5, 5.41) is 21.4. The molecule has 1 unspecified atom stereocenters. The summed E-state index contributed by atoms with van der Waals surface area (Å²) >= 11 is 18.8. The van der Waals surface area contributed by atoms with Gasteiger partial charge in [-0.3, -0.25) is 0 Å². The van der Waals surface area contributed by atoms with Crippen molar-refractivity contribution in [3.8, 4) is 5.75 Å². The Morgan fingerprint density at radius 1 is 1.03 bits per heavy atom. The van der Waals surface area contributed by atoms with Crippen molar-refractivity contribution >= 4 is 51.9 Å². The van der Waals surface area contributed by atoms with E-state index >= 15 is 0 Å². The molecule has 0 fully saturated rings. The third kappa shape index (κ3) is 4.40. The number of phenolic OH excluding ortho intramolecular Hbond substituents is 1. The van der Waals surface area contributed by atoms with Gasteiger partial charge in [0.05, 0.1) is 11.8 Å². The SMILES string of the molecule is Cc1cc(C2=NN(C(=S)Nc3ccccc3C)C(c3c(Cl)cccc3Cl)C2)ccc1O. The number of benzene rings is 3. The number of phenols is 1. The number of hydrazone groups is 1. The minimum absolute atomic E-state index is 0.252. The van der Waals surface area contributed by atoms with Gasteiger partial charge in [0.1, 0.15) is 5.75 Å². The standard InChI is InChI=1S/C24H21Cl2N3OS/c1-14-6-3-4-9-19(14)27-24(31)29-21(23-17(25)7-5-8-18(23)26)13-20(28-29)16-10-11-22(30)15(2)12-16/h3-12,21,30H,13H2,1-2H3,(H,27,31). The number of halogens is 2. The quantitative estimate of drug-likeness (QED) is 0.411. The third-order valence-corrected chi connectivity index (χ3v) is 6.32. The molecule has 0 radical (unpaired) electrons. The fraction of sp³-hybridized carbons (Fsp3) is 0.167. The van der Waals surface area contributed by atoms with Crippen LogP contribution in [0.15, 0.2) is 65.8 Å². The Hall–Kier alpha value is -2.60. The van der Waals surface area contributed by atoms with Crippen molar-refractivity contribution in [1.29, 1.82) is 0 Å². The molecule has 0 saturated heterocycles. The summed E-state index contributed by atoms with van der Waals surface area (Å²) in [6, 6.07) is 18.6. The van der Waals surface area contributed by atoms with Crippen LogP contribution in [-0.4, -0.2) is 20.9 Å². The molecule has 1 aliphatic heterocycles. The van der Waals surface area contributed by atoms with E-state index in [4.69, 9.17) is 40.5 Å². The average molecular weight is 470 g/mol. The molecule has 3 aromatic rings. The van der Waals surface area contributed by atoms with Crippen LogP contribution in [0.25, 0.3) is 0 Å². The molecule has 0 amide bonds. The van der Waals surface area contributed by atoms with Gasteiger partial charge in [-0.15, -0.1) is 0 Å². The van der Waals surface area contributed by atoms with Crippen molar-refractivity contribution in [3.05, 3.63) is 93.0 Å². The Balaban J connectivity index is 1.74. The molecule has 4 rings (SSSR count). The molecule has 0 saturated carbocycles. The van der Waals surface area contributed by atoms with E-state index in [-0.39, 0.29) is 11.8 Å². The highest BCUT2D eigenvalue weighted by Gasteiger charge is 2.34. The van der Waals surface area contributed by atoms with Gasteiger partial charge in [-0.05, 0) is 79.2 Å². The van der Waals surface area contributed by atoms with Gasteiger partial charge in [0.25, 0.3) is 0 Å². The molecule has 7 heteroatoms. The van der Waals surface area contributed by atoms with Crippen LogP contribution in [-0.2, 0) is 0 Å². The predicted molar refractivity (Wildman–Crippen MR) is 132 cm³/mol. The zero-order chi connectivity index (χ0) is 22.1. The lowest BCUT2D eigenvalue weighted by molar-refractivity contribution is 0.376. The first-order chi connectivity index (χ1) is 14.8. The Morgan fingerprint density at radius 2 is 1.74 bits per heavy atom. The molecular weight excluding hydrogens is 449 g/mol. The molecule has 1 aliphatic rings. The number of hydrogen-bond donors (Lipinski definition) is 2. The Labute approximate surface area is 197 Å². The second-order valence-electron chi connectivity index (χ2n) is 7.49. The molecule has 0 aliphatic carbocycles. The number of nitrogens with one attached hydrogen (secondary N) is 1. The maximum atomic E-state index is 9.90. The highest BCUT2D eigenvalue weighted by atomic mass is 35.5. The molecular formula is C24H21Cl2N3OS. The van der Waals surface area contributed by atoms with Crippen LogP contribution in [0.1, 0.15) is 34.7 Å². The van der Waals surface area contributed by atoms with Crippen molar-refractivity contribution in [2.45, 2.75) is 26.3 Å². The van der Waals surface area contributed by atoms with E-state index in [1.54, 1.807) is 11.1 Å². The number of rotatable bonds is 3. The number of nitrogens with zero attached hydrogens (tertiary/aromatic N) is 2. The van der Waals surface area contributed by atoms with Gasteiger partial charge in [-0.25, -0.2) is 5.01 Å². The summed E-state index contributed by atoms with van der Waals surface area (Å²) in [6.07, 6.45) is 0.573. The third-order valence-electron chi connectivity index (χ3n) is 5.37. The number of aromatic hydroxyl groups is 1. The molecule has 31 heavy (non-hydrogen) atoms. The van der Waals surface area contributed by atoms with Crippen molar-refractivity contribution < 1.29 is 5.11 Å². The zero-order valence-corrected chi connectivity index (χ0v) is 19.4. The van der Waals surface area contributed by atoms with Gasteiger partial charge < -0.3 is 10.4 Å². The molecule has 1 heterocycles. The van der Waals surface area contributed by atoms with Crippen LogP contribution in [0, 0.1) is 13.8 Å². The van der Waals surface area contributed by atoms with E-state index in [9.17, 15) is 5.11 Å². The molecule has 2 N–H and O–H groups in total. The maximum Gasteiger partial charge on any atom is 0.194 e. The maximum absolute atomic E-state index is 9.90. The van der Waals surface area contributed by atoms with Crippen LogP contribution in [0.4, 0.5) is 5.69 Å². The first-order valence-electron chi connectivity index (χ1n) is 9.82. The minimum Gasteiger partial charge on any atom is -0.508 e. The van der Waals surface area contributed by atoms with Crippen molar-refractivity contribution in [1.82, 2.24) is 5.01 Å². The first kappa shape index (κ1) is 21.6. The van der Waals surface area contributed by atoms with Gasteiger partial charge >= 0.3 is 0 Å². The summed E-state index contributed by atoms with van der Waals surface area (Å²) in [7, 11) is 0. The topological polar surface area (TPSA) is 47.9 Å². The molecule has 0 bridgehead atoms. The van der Waals surface area contributed by atoms with Gasteiger partial charge in [0.15, 0.2) is 5.11 Å². The summed E-state index contributed by atoms with van der Waals surface area (Å²) < 4.78 is 0. The monoisotopic (exact) mass is 469 g/mol. The zero-order valence-electron chi connectivity index (χ0n) is 17.1. The minimum atomic E-state index is -0.255. The molecule has 1 atom stereocenters. The van der Waals surface area contributed by atoms with E-state index in [0.29, 0.717) is 21.6 Å². The largest absolute Gasteiger partial charge is 0.508 e. The highest BCUT2D eigenvalue weighted by molar-refractivity contribution is 7.80. The normalized spacial score (nSPS) is 15.7. The first-order valence-corrected chi connectivity index (χ1v) is 11.0. The van der Waals surface area contributed by atoms with Gasteiger partial charge in [-0.1, -0.05) is 47.5 Å². The fourth-order valence-electron chi connectivity index (χ4n) is 3.65. The van der Waals surface area contributed by atoms with Crippen LogP contribution < -0.4 is 5.32 Å². The molecule has 3 aromatic carbocycles. The van der Waals surface area contributed by atoms with Crippen LogP contribution in [0.5, 0.6) is 5.75 Å². The smallest absolute Gasteiger partial charge is 0.194 e. The second kappa shape index (κ2) is 8.87. The number of thiocarbonyl (C=S) groups is 1. The van der Waals surface area contributed by atoms with E-state index in [1.807, 2.05) is 68.4 Å². The fourth-order valence-corrected chi connectivity index (χ4v) is 4.57. The predicted octanol–water partition coefficient (Wildman–Crippen LogP) is 6.86. The van der Waals surface area contributed by atoms with Gasteiger partial charge in [0, 0.05) is 27.7 Å². The van der Waals surface area contributed by atoms with Crippen molar-refractivity contribution in [2.24, 2.45) is 5.10 Å². The van der Waals surface area contributed by atoms with Gasteiger partial charge in [0.2, 0.25) is 0 Å². The Kier molecular flexibility index (Phi) is 6.19. The van der Waals surface area contributed by atoms with Crippen LogP contribution >= 0.6 is 35.4 Å². The number of hydrogen-bond acceptors (Lipinski definition) is 3. The van der Waals surface area contributed by atoms with E-state index in [1.165, 1.54) is 0 Å². The van der Waals surface area contributed by atoms with E-state index < -0.39 is 0 Å². The number of anilines is 1. The Morgan fingerprint density at radius 3 is 2.42 bits per heavy atom. The average Bonchev–Trinajstić information content (AvgIpc) is 3.17. The Bertz CT molecular complexity index is 1170. The number of aryl methyl sites for hydroxylation is 2. The molecule has 158 valence electrons. The lowest BCUT2D eigenvalue weighted by Crippen LogP contribution is -2.31. The summed E-state index contributed by atoms with van der Waals surface area (Å²) in [6.45, 7) is 3.88. The van der Waals surface area contributed by atoms with Crippen molar-refractivity contribution in [2.75, 3.05) is 5.32 Å². The summed E-state index contributed by atoms with van der Waals surface area (Å²) in [5.41, 5.74) is 5.33. The summed E-state index contributed by atoms with van der Waals surface area (Å²) in [4.78, 5) is 0. The van der Waals surface area contributed by atoms with Crippen molar-refractivity contribution in [3.63, 3.8) is 0 Å². The highest BCUT2D eigenvalue weighted by Crippen LogP contribution is 2.40. The lowest BCUT2D eigenvalue weighted by atomic mass is 9.97.